The topological polar surface area (TPSA) is 85.3 Å². The fourth-order valence-corrected chi connectivity index (χ4v) is 2.48. The molecule has 11 heteroatoms. The van der Waals surface area contributed by atoms with E-state index in [1.807, 2.05) is 19.1 Å². The maximum Gasteiger partial charge on any atom is 0.453 e. The molecule has 4 rings (SSSR count). The number of hydrogen-bond donors (Lipinski definition) is 1. The van der Waals surface area contributed by atoms with E-state index < -0.39 is 12.0 Å². The maximum absolute atomic E-state index is 12.9. The standard InChI is InChI=1S/C14H11F3N8/c1-8(12-21-19-10-4-2-3-7-24(10)12)18-9-5-6-11-20-22-13(14(15,16)17)25(11)23-9/h2-8H,1H3,(H,18,23). The average Bonchev–Trinajstić information content (AvgIpc) is 3.18. The van der Waals surface area contributed by atoms with Gasteiger partial charge in [0.05, 0.1) is 6.04 Å². The summed E-state index contributed by atoms with van der Waals surface area (Å²) in [6.07, 6.45) is -2.83. The molecule has 1 atom stereocenters. The fourth-order valence-electron chi connectivity index (χ4n) is 2.48. The Morgan fingerprint density at radius 3 is 2.60 bits per heavy atom. The first-order chi connectivity index (χ1) is 11.9. The van der Waals surface area contributed by atoms with Crippen molar-refractivity contribution in [2.45, 2.75) is 19.1 Å². The van der Waals surface area contributed by atoms with Crippen LogP contribution in [0.3, 0.4) is 0 Å². The van der Waals surface area contributed by atoms with E-state index >= 15 is 0 Å². The highest BCUT2D eigenvalue weighted by Crippen LogP contribution is 2.28. The molecule has 0 aliphatic rings. The van der Waals surface area contributed by atoms with Gasteiger partial charge >= 0.3 is 6.18 Å². The van der Waals surface area contributed by atoms with Crippen molar-refractivity contribution in [1.82, 2.24) is 34.4 Å². The quantitative estimate of drug-likeness (QED) is 0.612. The Morgan fingerprint density at radius 2 is 1.80 bits per heavy atom. The van der Waals surface area contributed by atoms with Gasteiger partial charge in [0, 0.05) is 6.20 Å². The number of halogens is 3. The highest BCUT2D eigenvalue weighted by Gasteiger charge is 2.37. The molecule has 4 heterocycles. The number of alkyl halides is 3. The summed E-state index contributed by atoms with van der Waals surface area (Å²) in [5.41, 5.74) is 0.686. The SMILES string of the molecule is CC(Nc1ccc2nnc(C(F)(F)F)n2n1)c1nnc2ccccn12. The third kappa shape index (κ3) is 2.62. The van der Waals surface area contributed by atoms with E-state index in [1.165, 1.54) is 12.1 Å². The van der Waals surface area contributed by atoms with Gasteiger partial charge in [-0.2, -0.15) is 17.7 Å². The predicted molar refractivity (Wildman–Crippen MR) is 80.8 cm³/mol. The summed E-state index contributed by atoms with van der Waals surface area (Å²) in [4.78, 5) is 0. The van der Waals surface area contributed by atoms with Crippen LogP contribution >= 0.6 is 0 Å². The Morgan fingerprint density at radius 1 is 1.00 bits per heavy atom. The third-order valence-electron chi connectivity index (χ3n) is 3.61. The van der Waals surface area contributed by atoms with Crippen molar-refractivity contribution < 1.29 is 13.2 Å². The second-order valence-corrected chi connectivity index (χ2v) is 5.36. The lowest BCUT2D eigenvalue weighted by atomic mass is 10.3. The van der Waals surface area contributed by atoms with E-state index in [9.17, 15) is 13.2 Å². The zero-order valence-corrected chi connectivity index (χ0v) is 12.8. The molecule has 0 fully saturated rings. The largest absolute Gasteiger partial charge is 0.453 e. The number of pyridine rings is 1. The van der Waals surface area contributed by atoms with Gasteiger partial charge in [0.2, 0.25) is 0 Å². The molecule has 1 N–H and O–H groups in total. The van der Waals surface area contributed by atoms with Gasteiger partial charge in [-0.3, -0.25) is 4.40 Å². The maximum atomic E-state index is 12.9. The van der Waals surface area contributed by atoms with Gasteiger partial charge in [-0.1, -0.05) is 6.07 Å². The summed E-state index contributed by atoms with van der Waals surface area (Å²) >= 11 is 0. The Balaban J connectivity index is 1.68. The third-order valence-corrected chi connectivity index (χ3v) is 3.61. The Labute approximate surface area is 138 Å². The molecule has 0 saturated heterocycles. The van der Waals surface area contributed by atoms with Gasteiger partial charge in [-0.15, -0.1) is 25.5 Å². The molecule has 0 saturated carbocycles. The lowest BCUT2D eigenvalue weighted by Gasteiger charge is -2.13. The minimum atomic E-state index is -4.64. The molecule has 0 bridgehead atoms. The summed E-state index contributed by atoms with van der Waals surface area (Å²) < 4.78 is 41.3. The molecular formula is C14H11F3N8. The number of rotatable bonds is 3. The lowest BCUT2D eigenvalue weighted by molar-refractivity contribution is -0.146. The number of fused-ring (bicyclic) bond motifs is 2. The van der Waals surface area contributed by atoms with Crippen molar-refractivity contribution in [3.05, 3.63) is 48.2 Å². The van der Waals surface area contributed by atoms with E-state index in [-0.39, 0.29) is 17.5 Å². The first-order valence-electron chi connectivity index (χ1n) is 7.29. The van der Waals surface area contributed by atoms with Gasteiger partial charge in [-0.25, -0.2) is 0 Å². The van der Waals surface area contributed by atoms with E-state index in [0.29, 0.717) is 16.0 Å². The highest BCUT2D eigenvalue weighted by atomic mass is 19.4. The van der Waals surface area contributed by atoms with E-state index in [0.717, 1.165) is 0 Å². The Hall–Kier alpha value is -3.24. The molecule has 0 aromatic carbocycles. The van der Waals surface area contributed by atoms with Crippen LogP contribution < -0.4 is 5.32 Å². The van der Waals surface area contributed by atoms with Crippen LogP contribution in [0.25, 0.3) is 11.3 Å². The van der Waals surface area contributed by atoms with Gasteiger partial charge in [0.25, 0.3) is 5.82 Å². The number of nitrogens with one attached hydrogen (secondary N) is 1. The van der Waals surface area contributed by atoms with Crippen LogP contribution in [0.4, 0.5) is 19.0 Å². The predicted octanol–water partition coefficient (Wildman–Crippen LogP) is 2.36. The van der Waals surface area contributed by atoms with Gasteiger partial charge in [0.1, 0.15) is 5.82 Å². The molecule has 0 radical (unpaired) electrons. The van der Waals surface area contributed by atoms with E-state index in [2.05, 4.69) is 30.8 Å². The molecule has 8 nitrogen and oxygen atoms in total. The summed E-state index contributed by atoms with van der Waals surface area (Å²) in [6.45, 7) is 1.81. The fraction of sp³-hybridized carbons (Fsp3) is 0.214. The zero-order chi connectivity index (χ0) is 17.6. The number of nitrogens with zero attached hydrogens (tertiary/aromatic N) is 7. The molecule has 4 aromatic heterocycles. The van der Waals surface area contributed by atoms with Crippen LogP contribution in [-0.2, 0) is 6.18 Å². The van der Waals surface area contributed by atoms with Crippen molar-refractivity contribution in [3.8, 4) is 0 Å². The van der Waals surface area contributed by atoms with Gasteiger partial charge in [0.15, 0.2) is 17.1 Å². The second-order valence-electron chi connectivity index (χ2n) is 5.36. The molecule has 0 spiro atoms. The molecule has 0 aliphatic heterocycles. The number of aromatic nitrogens is 7. The van der Waals surface area contributed by atoms with Crippen LogP contribution in [0.15, 0.2) is 36.5 Å². The Kier molecular flexibility index (Phi) is 3.30. The van der Waals surface area contributed by atoms with Crippen LogP contribution in [-0.4, -0.2) is 34.4 Å². The smallest absolute Gasteiger partial charge is 0.359 e. The summed E-state index contributed by atoms with van der Waals surface area (Å²) in [6, 6.07) is 8.08. The number of hydrogen-bond acceptors (Lipinski definition) is 6. The van der Waals surface area contributed by atoms with Crippen molar-refractivity contribution in [2.24, 2.45) is 0 Å². The van der Waals surface area contributed by atoms with Crippen molar-refractivity contribution in [1.29, 1.82) is 0 Å². The van der Waals surface area contributed by atoms with Crippen LogP contribution in [0, 0.1) is 0 Å². The lowest BCUT2D eigenvalue weighted by Crippen LogP contribution is -2.15. The monoisotopic (exact) mass is 348 g/mol. The summed E-state index contributed by atoms with van der Waals surface area (Å²) in [5, 5.41) is 21.7. The van der Waals surface area contributed by atoms with Crippen LogP contribution in [0.5, 0.6) is 0 Å². The van der Waals surface area contributed by atoms with Crippen LogP contribution in [0.1, 0.15) is 24.6 Å². The zero-order valence-electron chi connectivity index (χ0n) is 12.8. The molecule has 1 unspecified atom stereocenters. The summed E-state index contributed by atoms with van der Waals surface area (Å²) in [7, 11) is 0. The highest BCUT2D eigenvalue weighted by molar-refractivity contribution is 5.45. The van der Waals surface area contributed by atoms with Crippen molar-refractivity contribution in [3.63, 3.8) is 0 Å². The normalized spacial score (nSPS) is 13.4. The van der Waals surface area contributed by atoms with Crippen molar-refractivity contribution in [2.75, 3.05) is 5.32 Å². The molecule has 128 valence electrons. The summed E-state index contributed by atoms with van der Waals surface area (Å²) in [5.74, 6) is -0.331. The first-order valence-corrected chi connectivity index (χ1v) is 7.29. The van der Waals surface area contributed by atoms with Crippen LogP contribution in [0.2, 0.25) is 0 Å². The Bertz CT molecular complexity index is 1050. The second kappa shape index (κ2) is 5.40. The van der Waals surface area contributed by atoms with Crippen molar-refractivity contribution >= 4 is 17.1 Å². The molecule has 25 heavy (non-hydrogen) atoms. The minimum absolute atomic E-state index is 0.0125. The molecule has 0 aliphatic carbocycles. The average molecular weight is 348 g/mol. The van der Waals surface area contributed by atoms with Gasteiger partial charge < -0.3 is 5.32 Å². The minimum Gasteiger partial charge on any atom is -0.359 e. The molecule has 4 aromatic rings. The van der Waals surface area contributed by atoms with E-state index in [4.69, 9.17) is 0 Å². The molecule has 0 amide bonds. The van der Waals surface area contributed by atoms with Gasteiger partial charge in [-0.05, 0) is 31.2 Å². The first kappa shape index (κ1) is 15.3. The molecular weight excluding hydrogens is 337 g/mol. The van der Waals surface area contributed by atoms with E-state index in [1.54, 1.807) is 16.7 Å². The number of anilines is 1.